The van der Waals surface area contributed by atoms with Crippen LogP contribution in [0.2, 0.25) is 0 Å². The van der Waals surface area contributed by atoms with Crippen molar-refractivity contribution in [2.45, 2.75) is 44.5 Å². The number of halogens is 1. The Kier molecular flexibility index (Phi) is 9.13. The van der Waals surface area contributed by atoms with Crippen molar-refractivity contribution in [2.75, 3.05) is 32.4 Å². The van der Waals surface area contributed by atoms with Gasteiger partial charge in [-0.1, -0.05) is 35.0 Å². The van der Waals surface area contributed by atoms with E-state index in [0.717, 1.165) is 43.2 Å². The van der Waals surface area contributed by atoms with Crippen molar-refractivity contribution in [2.24, 2.45) is 4.99 Å². The van der Waals surface area contributed by atoms with Gasteiger partial charge in [0.05, 0.1) is 6.54 Å². The number of hydrogen-bond donors (Lipinski definition) is 2. The second-order valence-electron chi connectivity index (χ2n) is 6.59. The van der Waals surface area contributed by atoms with Crippen LogP contribution in [-0.2, 0) is 6.54 Å². The van der Waals surface area contributed by atoms with Crippen molar-refractivity contribution in [3.8, 4) is 0 Å². The molecule has 1 aliphatic heterocycles. The quantitative estimate of drug-likeness (QED) is 0.514. The molecule has 1 atom stereocenters. The fourth-order valence-electron chi connectivity index (χ4n) is 2.89. The Morgan fingerprint density at radius 3 is 2.60 bits per heavy atom. The third-order valence-electron chi connectivity index (χ3n) is 4.50. The lowest BCUT2D eigenvalue weighted by molar-refractivity contribution is 0.198. The van der Waals surface area contributed by atoms with Gasteiger partial charge in [-0.15, -0.1) is 0 Å². The van der Waals surface area contributed by atoms with Gasteiger partial charge in [0.25, 0.3) is 0 Å². The van der Waals surface area contributed by atoms with E-state index in [9.17, 15) is 0 Å². The van der Waals surface area contributed by atoms with Crippen LogP contribution in [0.25, 0.3) is 0 Å². The van der Waals surface area contributed by atoms with Crippen LogP contribution in [0.4, 0.5) is 0 Å². The molecule has 25 heavy (non-hydrogen) atoms. The lowest BCUT2D eigenvalue weighted by atomic mass is 10.0. The highest BCUT2D eigenvalue weighted by Crippen LogP contribution is 2.16. The molecule has 1 heterocycles. The molecule has 0 bridgehead atoms. The molecule has 6 heteroatoms. The zero-order chi connectivity index (χ0) is 18.1. The highest BCUT2D eigenvalue weighted by Gasteiger charge is 2.20. The van der Waals surface area contributed by atoms with E-state index >= 15 is 0 Å². The Morgan fingerprint density at radius 2 is 2.00 bits per heavy atom. The van der Waals surface area contributed by atoms with Gasteiger partial charge in [0.15, 0.2) is 5.96 Å². The summed E-state index contributed by atoms with van der Waals surface area (Å²) in [5, 5.41) is 7.56. The van der Waals surface area contributed by atoms with Crippen LogP contribution in [0.3, 0.4) is 0 Å². The first-order chi connectivity index (χ1) is 12.1. The number of nitrogens with one attached hydrogen (secondary N) is 2. The van der Waals surface area contributed by atoms with Gasteiger partial charge in [-0.2, -0.15) is 11.8 Å². The minimum Gasteiger partial charge on any atom is -0.357 e. The van der Waals surface area contributed by atoms with Crippen LogP contribution in [0, 0.1) is 0 Å². The first-order valence-electron chi connectivity index (χ1n) is 9.15. The van der Waals surface area contributed by atoms with E-state index in [4.69, 9.17) is 4.99 Å². The molecule has 1 aromatic carbocycles. The van der Waals surface area contributed by atoms with E-state index in [2.05, 4.69) is 75.8 Å². The third kappa shape index (κ3) is 7.59. The van der Waals surface area contributed by atoms with Crippen molar-refractivity contribution in [1.29, 1.82) is 0 Å². The van der Waals surface area contributed by atoms with Crippen molar-refractivity contribution in [3.05, 3.63) is 34.3 Å². The average Bonchev–Trinajstić information content (AvgIpc) is 2.63. The number of likely N-dealkylation sites (tertiary alicyclic amines) is 1. The number of hydrogen-bond acceptors (Lipinski definition) is 3. The molecule has 0 saturated carbocycles. The fraction of sp³-hybridized carbons (Fsp3) is 0.632. The Hall–Kier alpha value is -0.720. The second kappa shape index (κ2) is 11.1. The molecule has 1 aromatic rings. The summed E-state index contributed by atoms with van der Waals surface area (Å²) in [6.07, 6.45) is 4.47. The Labute approximate surface area is 165 Å². The minimum atomic E-state index is 0.517. The van der Waals surface area contributed by atoms with Crippen LogP contribution in [-0.4, -0.2) is 54.6 Å². The molecule has 0 aliphatic carbocycles. The van der Waals surface area contributed by atoms with Crippen molar-refractivity contribution < 1.29 is 0 Å². The molecular formula is C19H31BrN4S. The number of aliphatic imine (C=N–C) groups is 1. The summed E-state index contributed by atoms with van der Waals surface area (Å²) in [5.74, 6) is 0.967. The van der Waals surface area contributed by atoms with Gasteiger partial charge >= 0.3 is 0 Å². The summed E-state index contributed by atoms with van der Waals surface area (Å²) in [5.41, 5.74) is 1.38. The summed E-state index contributed by atoms with van der Waals surface area (Å²) in [6, 6.07) is 9.18. The maximum Gasteiger partial charge on any atom is 0.191 e. The van der Waals surface area contributed by atoms with Crippen LogP contribution in [0.1, 0.15) is 32.3 Å². The highest BCUT2D eigenvalue weighted by molar-refractivity contribution is 9.10. The van der Waals surface area contributed by atoms with E-state index in [-0.39, 0.29) is 0 Å². The van der Waals surface area contributed by atoms with E-state index in [1.807, 2.05) is 11.8 Å². The summed E-state index contributed by atoms with van der Waals surface area (Å²) in [6.45, 7) is 9.41. The number of piperidine rings is 1. The van der Waals surface area contributed by atoms with Gasteiger partial charge in [0, 0.05) is 41.9 Å². The molecule has 1 unspecified atom stereocenters. The molecule has 2 rings (SSSR count). The zero-order valence-electron chi connectivity index (χ0n) is 15.6. The van der Waals surface area contributed by atoms with E-state index in [1.165, 1.54) is 18.4 Å². The lowest BCUT2D eigenvalue weighted by Crippen LogP contribution is -2.48. The highest BCUT2D eigenvalue weighted by atomic mass is 79.9. The summed E-state index contributed by atoms with van der Waals surface area (Å²) >= 11 is 5.36. The summed E-state index contributed by atoms with van der Waals surface area (Å²) in [4.78, 5) is 7.27. The van der Waals surface area contributed by atoms with Gasteiger partial charge < -0.3 is 10.6 Å². The lowest BCUT2D eigenvalue weighted by Gasteiger charge is -2.33. The van der Waals surface area contributed by atoms with Crippen LogP contribution in [0.5, 0.6) is 0 Å². The van der Waals surface area contributed by atoms with Crippen LogP contribution < -0.4 is 10.6 Å². The SMILES string of the molecule is CCNC(=NCC(C)SC)NC1CCN(Cc2ccc(Br)cc2)CC1. The smallest absolute Gasteiger partial charge is 0.191 e. The average molecular weight is 427 g/mol. The zero-order valence-corrected chi connectivity index (χ0v) is 18.0. The van der Waals surface area contributed by atoms with Crippen LogP contribution >= 0.6 is 27.7 Å². The summed E-state index contributed by atoms with van der Waals surface area (Å²) in [7, 11) is 0. The number of thioether (sulfide) groups is 1. The van der Waals surface area contributed by atoms with Crippen molar-refractivity contribution >= 4 is 33.7 Å². The van der Waals surface area contributed by atoms with Crippen LogP contribution in [0.15, 0.2) is 33.7 Å². The van der Waals surface area contributed by atoms with Gasteiger partial charge in [-0.05, 0) is 43.7 Å². The van der Waals surface area contributed by atoms with Gasteiger partial charge in [0.1, 0.15) is 0 Å². The fourth-order valence-corrected chi connectivity index (χ4v) is 3.38. The molecule has 4 nitrogen and oxygen atoms in total. The molecule has 0 aromatic heterocycles. The molecule has 1 saturated heterocycles. The maximum atomic E-state index is 4.73. The number of nitrogens with zero attached hydrogens (tertiary/aromatic N) is 2. The van der Waals surface area contributed by atoms with Crippen molar-refractivity contribution in [3.63, 3.8) is 0 Å². The molecule has 0 spiro atoms. The Bertz CT molecular complexity index is 527. The minimum absolute atomic E-state index is 0.517. The monoisotopic (exact) mass is 426 g/mol. The van der Waals surface area contributed by atoms with Gasteiger partial charge in [-0.25, -0.2) is 0 Å². The predicted molar refractivity (Wildman–Crippen MR) is 115 cm³/mol. The Balaban J connectivity index is 1.78. The number of guanidine groups is 1. The first kappa shape index (κ1) is 20.6. The topological polar surface area (TPSA) is 39.7 Å². The third-order valence-corrected chi connectivity index (χ3v) is 5.98. The predicted octanol–water partition coefficient (Wildman–Crippen LogP) is 3.72. The normalized spacial score (nSPS) is 18.2. The summed E-state index contributed by atoms with van der Waals surface area (Å²) < 4.78 is 1.14. The number of benzene rings is 1. The molecule has 1 fully saturated rings. The molecule has 2 N–H and O–H groups in total. The molecular weight excluding hydrogens is 396 g/mol. The van der Waals surface area contributed by atoms with Gasteiger partial charge in [0.2, 0.25) is 0 Å². The van der Waals surface area contributed by atoms with E-state index in [1.54, 1.807) is 0 Å². The molecule has 0 radical (unpaired) electrons. The first-order valence-corrected chi connectivity index (χ1v) is 11.2. The largest absolute Gasteiger partial charge is 0.357 e. The Morgan fingerprint density at radius 1 is 1.32 bits per heavy atom. The van der Waals surface area contributed by atoms with Crippen molar-refractivity contribution in [1.82, 2.24) is 15.5 Å². The standard InChI is InChI=1S/C19H31BrN4S/c1-4-21-19(22-13-15(2)25-3)23-18-9-11-24(12-10-18)14-16-5-7-17(20)8-6-16/h5-8,15,18H,4,9-14H2,1-3H3,(H2,21,22,23). The van der Waals surface area contributed by atoms with E-state index in [0.29, 0.717) is 11.3 Å². The van der Waals surface area contributed by atoms with Gasteiger partial charge in [-0.3, -0.25) is 9.89 Å². The van der Waals surface area contributed by atoms with E-state index < -0.39 is 0 Å². The molecule has 140 valence electrons. The number of rotatable bonds is 7. The molecule has 0 amide bonds. The molecule has 1 aliphatic rings. The second-order valence-corrected chi connectivity index (χ2v) is 8.78. The maximum absolute atomic E-state index is 4.73.